The first kappa shape index (κ1) is 17.5. The number of aromatic nitrogens is 3. The third kappa shape index (κ3) is 5.07. The first-order valence-electron chi connectivity index (χ1n) is 8.52. The number of hydrogen-bond donors (Lipinski definition) is 1. The normalized spacial score (nSPS) is 18.4. The Morgan fingerprint density at radius 3 is 3.12 bits per heavy atom. The van der Waals surface area contributed by atoms with Gasteiger partial charge in [0.1, 0.15) is 0 Å². The van der Waals surface area contributed by atoms with E-state index in [9.17, 15) is 4.79 Å². The largest absolute Gasteiger partial charge is 0.340 e. The maximum absolute atomic E-state index is 12.2. The van der Waals surface area contributed by atoms with Crippen LogP contribution in [0.5, 0.6) is 0 Å². The van der Waals surface area contributed by atoms with E-state index in [4.69, 9.17) is 4.52 Å². The van der Waals surface area contributed by atoms with Crippen molar-refractivity contribution in [1.29, 1.82) is 0 Å². The number of carbonyl (C=O) groups excluding carboxylic acids is 1. The van der Waals surface area contributed by atoms with Gasteiger partial charge in [-0.2, -0.15) is 4.98 Å². The van der Waals surface area contributed by atoms with Crippen LogP contribution in [0.4, 0.5) is 5.69 Å². The molecule has 25 heavy (non-hydrogen) atoms. The molecule has 0 spiro atoms. The summed E-state index contributed by atoms with van der Waals surface area (Å²) in [4.78, 5) is 24.9. The number of likely N-dealkylation sites (N-methyl/N-ethyl adjacent to an activating group) is 1. The lowest BCUT2D eigenvalue weighted by Gasteiger charge is -2.36. The van der Waals surface area contributed by atoms with Crippen LogP contribution in [0.15, 0.2) is 29.0 Å². The van der Waals surface area contributed by atoms with Crippen LogP contribution < -0.4 is 5.32 Å². The van der Waals surface area contributed by atoms with Crippen LogP contribution in [0.2, 0.25) is 0 Å². The molecule has 1 N–H and O–H groups in total. The predicted octanol–water partition coefficient (Wildman–Crippen LogP) is 1.31. The van der Waals surface area contributed by atoms with Gasteiger partial charge >= 0.3 is 0 Å². The van der Waals surface area contributed by atoms with Gasteiger partial charge in [-0.05, 0) is 38.6 Å². The van der Waals surface area contributed by atoms with Gasteiger partial charge in [0, 0.05) is 25.7 Å². The average Bonchev–Trinajstić information content (AvgIpc) is 3.00. The minimum Gasteiger partial charge on any atom is -0.340 e. The van der Waals surface area contributed by atoms with E-state index in [1.54, 1.807) is 25.4 Å². The van der Waals surface area contributed by atoms with Crippen LogP contribution in [0.3, 0.4) is 0 Å². The molecule has 1 aliphatic heterocycles. The first-order chi connectivity index (χ1) is 12.1. The van der Waals surface area contributed by atoms with Crippen LogP contribution in [0.1, 0.15) is 24.6 Å². The van der Waals surface area contributed by atoms with Gasteiger partial charge < -0.3 is 9.84 Å². The predicted molar refractivity (Wildman–Crippen MR) is 92.8 cm³/mol. The number of pyridine rings is 1. The second-order valence-corrected chi connectivity index (χ2v) is 6.47. The molecule has 0 bridgehead atoms. The van der Waals surface area contributed by atoms with Crippen molar-refractivity contribution in [1.82, 2.24) is 24.9 Å². The Bertz CT molecular complexity index is 689. The zero-order valence-corrected chi connectivity index (χ0v) is 14.7. The van der Waals surface area contributed by atoms with Gasteiger partial charge in [-0.3, -0.25) is 19.6 Å². The summed E-state index contributed by atoms with van der Waals surface area (Å²) in [6.45, 7) is 4.74. The summed E-state index contributed by atoms with van der Waals surface area (Å²) in [7, 11) is 2.00. The lowest BCUT2D eigenvalue weighted by molar-refractivity contribution is -0.117. The monoisotopic (exact) mass is 344 g/mol. The van der Waals surface area contributed by atoms with E-state index in [1.807, 2.05) is 13.1 Å². The van der Waals surface area contributed by atoms with Gasteiger partial charge in [0.2, 0.25) is 11.8 Å². The molecular weight excluding hydrogens is 320 g/mol. The topological polar surface area (TPSA) is 87.4 Å². The van der Waals surface area contributed by atoms with Crippen molar-refractivity contribution < 1.29 is 9.32 Å². The van der Waals surface area contributed by atoms with Crippen LogP contribution in [-0.4, -0.2) is 63.6 Å². The highest BCUT2D eigenvalue weighted by Gasteiger charge is 2.25. The smallest absolute Gasteiger partial charge is 0.238 e. The van der Waals surface area contributed by atoms with E-state index >= 15 is 0 Å². The highest BCUT2D eigenvalue weighted by atomic mass is 16.5. The van der Waals surface area contributed by atoms with E-state index in [-0.39, 0.29) is 5.91 Å². The Labute approximate surface area is 147 Å². The number of likely N-dealkylation sites (tertiary alicyclic amines) is 1. The lowest BCUT2D eigenvalue weighted by Crippen LogP contribution is -2.48. The van der Waals surface area contributed by atoms with Crippen molar-refractivity contribution >= 4 is 11.6 Å². The molecule has 8 nitrogen and oxygen atoms in total. The fraction of sp³-hybridized carbons (Fsp3) is 0.529. The van der Waals surface area contributed by atoms with Crippen molar-refractivity contribution in [3.05, 3.63) is 36.2 Å². The third-order valence-electron chi connectivity index (χ3n) is 4.38. The summed E-state index contributed by atoms with van der Waals surface area (Å²) in [5.74, 6) is 1.28. The zero-order valence-electron chi connectivity index (χ0n) is 14.7. The van der Waals surface area contributed by atoms with Crippen LogP contribution in [0, 0.1) is 6.92 Å². The Morgan fingerprint density at radius 2 is 2.40 bits per heavy atom. The molecule has 2 aromatic rings. The second kappa shape index (κ2) is 8.17. The van der Waals surface area contributed by atoms with Crippen LogP contribution >= 0.6 is 0 Å². The molecule has 0 aliphatic carbocycles. The molecule has 1 saturated heterocycles. The molecule has 1 aliphatic rings. The maximum atomic E-state index is 12.2. The lowest BCUT2D eigenvalue weighted by atomic mass is 10.0. The Morgan fingerprint density at radius 1 is 1.52 bits per heavy atom. The number of nitrogens with zero attached hydrogens (tertiary/aromatic N) is 5. The first-order valence-corrected chi connectivity index (χ1v) is 8.52. The van der Waals surface area contributed by atoms with Crippen molar-refractivity contribution in [3.8, 4) is 0 Å². The standard InChI is InChI=1S/C17H24N6O2/c1-13-19-16(21-25-13)11-23-8-4-6-15(10-23)22(2)12-17(24)20-14-5-3-7-18-9-14/h3,5,7,9,15H,4,6,8,10-12H2,1-2H3,(H,20,24)/t15-/m1/s1. The Kier molecular flexibility index (Phi) is 5.72. The molecule has 0 unspecified atom stereocenters. The number of anilines is 1. The molecule has 3 heterocycles. The molecule has 3 rings (SSSR count). The Hall–Kier alpha value is -2.32. The summed E-state index contributed by atoms with van der Waals surface area (Å²) < 4.78 is 5.03. The van der Waals surface area contributed by atoms with Gasteiger partial charge in [-0.15, -0.1) is 0 Å². The van der Waals surface area contributed by atoms with Crippen molar-refractivity contribution in [2.75, 3.05) is 32.0 Å². The van der Waals surface area contributed by atoms with Crippen LogP contribution in [-0.2, 0) is 11.3 Å². The number of carbonyl (C=O) groups is 1. The molecular formula is C17H24N6O2. The van der Waals surface area contributed by atoms with Gasteiger partial charge in [0.15, 0.2) is 5.82 Å². The zero-order chi connectivity index (χ0) is 17.6. The molecule has 1 fully saturated rings. The van der Waals surface area contributed by atoms with E-state index in [0.29, 0.717) is 25.0 Å². The minimum atomic E-state index is -0.0265. The molecule has 8 heteroatoms. The van der Waals surface area contributed by atoms with Crippen molar-refractivity contribution in [2.24, 2.45) is 0 Å². The van der Waals surface area contributed by atoms with Crippen molar-refractivity contribution in [3.63, 3.8) is 0 Å². The van der Waals surface area contributed by atoms with E-state index in [2.05, 4.69) is 30.2 Å². The molecule has 2 aromatic heterocycles. The number of hydrogen-bond acceptors (Lipinski definition) is 7. The van der Waals surface area contributed by atoms with E-state index in [1.165, 1.54) is 0 Å². The van der Waals surface area contributed by atoms with E-state index < -0.39 is 0 Å². The fourth-order valence-electron chi connectivity index (χ4n) is 3.13. The highest BCUT2D eigenvalue weighted by molar-refractivity contribution is 5.92. The molecule has 0 saturated carbocycles. The number of nitrogens with one attached hydrogen (secondary N) is 1. The summed E-state index contributed by atoms with van der Waals surface area (Å²) in [5.41, 5.74) is 0.721. The quantitative estimate of drug-likeness (QED) is 0.845. The number of amides is 1. The van der Waals surface area contributed by atoms with Gasteiger partial charge in [-0.25, -0.2) is 0 Å². The number of aryl methyl sites for hydroxylation is 1. The maximum Gasteiger partial charge on any atom is 0.238 e. The van der Waals surface area contributed by atoms with E-state index in [0.717, 1.165) is 37.4 Å². The summed E-state index contributed by atoms with van der Waals surface area (Å²) >= 11 is 0. The van der Waals surface area contributed by atoms with Gasteiger partial charge in [0.05, 0.1) is 25.0 Å². The number of piperidine rings is 1. The third-order valence-corrected chi connectivity index (χ3v) is 4.38. The summed E-state index contributed by atoms with van der Waals surface area (Å²) in [5, 5.41) is 6.84. The van der Waals surface area contributed by atoms with Gasteiger partial charge in [-0.1, -0.05) is 5.16 Å². The molecule has 134 valence electrons. The van der Waals surface area contributed by atoms with Crippen LogP contribution in [0.25, 0.3) is 0 Å². The minimum absolute atomic E-state index is 0.0265. The fourth-order valence-corrected chi connectivity index (χ4v) is 3.13. The molecule has 0 aromatic carbocycles. The van der Waals surface area contributed by atoms with Crippen molar-refractivity contribution in [2.45, 2.75) is 32.4 Å². The highest BCUT2D eigenvalue weighted by Crippen LogP contribution is 2.16. The van der Waals surface area contributed by atoms with Gasteiger partial charge in [0.25, 0.3) is 0 Å². The summed E-state index contributed by atoms with van der Waals surface area (Å²) in [6.07, 6.45) is 5.51. The number of rotatable bonds is 6. The molecule has 0 radical (unpaired) electrons. The second-order valence-electron chi connectivity index (χ2n) is 6.47. The molecule has 1 atom stereocenters. The molecule has 1 amide bonds. The Balaban J connectivity index is 1.49. The average molecular weight is 344 g/mol. The summed E-state index contributed by atoms with van der Waals surface area (Å²) in [6, 6.07) is 3.97. The SMILES string of the molecule is Cc1nc(CN2CCC[C@@H](N(C)CC(=O)Nc3cccnc3)C2)no1.